The second-order valence-electron chi connectivity index (χ2n) is 4.58. The van der Waals surface area contributed by atoms with Crippen LogP contribution in [0.5, 0.6) is 0 Å². The van der Waals surface area contributed by atoms with Gasteiger partial charge in [-0.3, -0.25) is 4.79 Å². The van der Waals surface area contributed by atoms with Crippen molar-refractivity contribution in [3.8, 4) is 0 Å². The Balaban J connectivity index is 2.83. The van der Waals surface area contributed by atoms with Crippen molar-refractivity contribution in [3.05, 3.63) is 41.8 Å². The molecule has 0 saturated heterocycles. The molecule has 0 atom stereocenters. The fourth-order valence-electron chi connectivity index (χ4n) is 1.24. The van der Waals surface area contributed by atoms with Crippen LogP contribution in [-0.4, -0.2) is 30.9 Å². The van der Waals surface area contributed by atoms with Gasteiger partial charge in [0.2, 0.25) is 5.91 Å². The normalized spacial score (nSPS) is 12.3. The summed E-state index contributed by atoms with van der Waals surface area (Å²) in [6.45, 7) is 2.60. The molecule has 1 aromatic carbocycles. The van der Waals surface area contributed by atoms with E-state index in [9.17, 15) is 18.0 Å². The van der Waals surface area contributed by atoms with Crippen molar-refractivity contribution in [3.63, 3.8) is 0 Å². The van der Waals surface area contributed by atoms with Crippen molar-refractivity contribution < 1.29 is 23.1 Å². The van der Waals surface area contributed by atoms with Crippen molar-refractivity contribution in [2.45, 2.75) is 24.3 Å². The lowest BCUT2D eigenvalue weighted by Gasteiger charge is -2.19. The lowest BCUT2D eigenvalue weighted by molar-refractivity contribution is -0.145. The molecule has 0 radical (unpaired) electrons. The highest BCUT2D eigenvalue weighted by Crippen LogP contribution is 2.11. The van der Waals surface area contributed by atoms with Gasteiger partial charge < -0.3 is 10.4 Å². The Morgan fingerprint density at radius 3 is 2.25 bits per heavy atom. The third-order valence-electron chi connectivity index (χ3n) is 2.44. The van der Waals surface area contributed by atoms with E-state index in [2.05, 4.69) is 5.32 Å². The Kier molecular flexibility index (Phi) is 4.67. The number of carboxylic acid groups (broad SMARTS) is 1. The summed E-state index contributed by atoms with van der Waals surface area (Å²) in [7, 11) is -3.72. The first kappa shape index (κ1) is 15.9. The van der Waals surface area contributed by atoms with Crippen LogP contribution < -0.4 is 5.32 Å². The topological polar surface area (TPSA) is 101 Å². The lowest BCUT2D eigenvalue weighted by Crippen LogP contribution is -2.49. The van der Waals surface area contributed by atoms with E-state index in [4.69, 9.17) is 5.11 Å². The number of nitrogens with one attached hydrogen (secondary N) is 1. The van der Waals surface area contributed by atoms with Crippen molar-refractivity contribution in [1.82, 2.24) is 5.32 Å². The average molecular weight is 297 g/mol. The summed E-state index contributed by atoms with van der Waals surface area (Å²) in [5.74, 6) is -2.01. The van der Waals surface area contributed by atoms with Gasteiger partial charge in [-0.1, -0.05) is 18.2 Å². The molecule has 1 rings (SSSR count). The third kappa shape index (κ3) is 4.20. The van der Waals surface area contributed by atoms with Gasteiger partial charge in [-0.2, -0.15) is 0 Å². The average Bonchev–Trinajstić information content (AvgIpc) is 2.37. The second-order valence-corrected chi connectivity index (χ2v) is 6.41. The molecule has 20 heavy (non-hydrogen) atoms. The quantitative estimate of drug-likeness (QED) is 0.788. The number of hydrogen-bond donors (Lipinski definition) is 2. The molecule has 0 saturated carbocycles. The Hall–Kier alpha value is -2.15. The molecule has 108 valence electrons. The number of carbonyl (C=O) groups is 2. The summed E-state index contributed by atoms with van der Waals surface area (Å²) in [4.78, 5) is 22.4. The summed E-state index contributed by atoms with van der Waals surface area (Å²) in [6.07, 6.45) is 0.799. The van der Waals surface area contributed by atoms with E-state index in [1.807, 2.05) is 0 Å². The number of carbonyl (C=O) groups excluding carboxylic acids is 1. The van der Waals surface area contributed by atoms with Crippen LogP contribution in [0.3, 0.4) is 0 Å². The first-order valence-electron chi connectivity index (χ1n) is 5.69. The third-order valence-corrected chi connectivity index (χ3v) is 3.86. The van der Waals surface area contributed by atoms with Crippen LogP contribution in [0.4, 0.5) is 0 Å². The number of amides is 1. The van der Waals surface area contributed by atoms with Gasteiger partial charge in [-0.05, 0) is 26.0 Å². The first-order chi connectivity index (χ1) is 9.15. The highest BCUT2D eigenvalue weighted by molar-refractivity contribution is 7.94. The van der Waals surface area contributed by atoms with Gasteiger partial charge in [-0.25, -0.2) is 13.2 Å². The van der Waals surface area contributed by atoms with Gasteiger partial charge in [0.25, 0.3) is 0 Å². The zero-order valence-corrected chi connectivity index (χ0v) is 11.8. The smallest absolute Gasteiger partial charge is 0.328 e. The molecule has 0 fully saturated rings. The maximum absolute atomic E-state index is 11.9. The zero-order chi connectivity index (χ0) is 15.4. The lowest BCUT2D eigenvalue weighted by atomic mass is 10.1. The molecule has 2 N–H and O–H groups in total. The minimum absolute atomic E-state index is 0.0570. The summed E-state index contributed by atoms with van der Waals surface area (Å²) in [5.41, 5.74) is -1.47. The van der Waals surface area contributed by atoms with Crippen LogP contribution >= 0.6 is 0 Å². The Bertz CT molecular complexity index is 632. The fourth-order valence-corrected chi connectivity index (χ4v) is 2.24. The standard InChI is InChI=1S/C13H15NO5S/c1-13(2,12(16)17)14-11(15)8-9-20(18,19)10-6-4-3-5-7-10/h3-9H,1-2H3,(H,14,15)(H,16,17)/b9-8+. The van der Waals surface area contributed by atoms with Gasteiger partial charge in [0, 0.05) is 11.5 Å². The SMILES string of the molecule is CC(C)(NC(=O)/C=C/S(=O)(=O)c1ccccc1)C(=O)O. The number of rotatable bonds is 5. The van der Waals surface area contributed by atoms with Crippen molar-refractivity contribution in [1.29, 1.82) is 0 Å². The maximum atomic E-state index is 11.9. The number of carboxylic acids is 1. The molecule has 1 aromatic rings. The monoisotopic (exact) mass is 297 g/mol. The van der Waals surface area contributed by atoms with Gasteiger partial charge in [0.1, 0.15) is 5.54 Å². The van der Waals surface area contributed by atoms with Gasteiger partial charge in [0.15, 0.2) is 9.84 Å². The molecule has 0 aromatic heterocycles. The first-order valence-corrected chi connectivity index (χ1v) is 7.23. The van der Waals surface area contributed by atoms with E-state index in [-0.39, 0.29) is 4.90 Å². The van der Waals surface area contributed by atoms with E-state index < -0.39 is 27.3 Å². The van der Waals surface area contributed by atoms with E-state index in [1.54, 1.807) is 18.2 Å². The predicted molar refractivity (Wildman–Crippen MR) is 72.6 cm³/mol. The molecule has 0 heterocycles. The number of benzene rings is 1. The van der Waals surface area contributed by atoms with Gasteiger partial charge >= 0.3 is 5.97 Å². The molecule has 0 unspecified atom stereocenters. The molecule has 0 bridgehead atoms. The largest absolute Gasteiger partial charge is 0.480 e. The maximum Gasteiger partial charge on any atom is 0.328 e. The molecular weight excluding hydrogens is 282 g/mol. The number of sulfone groups is 1. The number of hydrogen-bond acceptors (Lipinski definition) is 4. The minimum Gasteiger partial charge on any atom is -0.480 e. The highest BCUT2D eigenvalue weighted by atomic mass is 32.2. The summed E-state index contributed by atoms with van der Waals surface area (Å²) in [6, 6.07) is 7.60. The van der Waals surface area contributed by atoms with Gasteiger partial charge in [0.05, 0.1) is 4.90 Å². The Labute approximate surface area is 117 Å². The highest BCUT2D eigenvalue weighted by Gasteiger charge is 2.28. The van der Waals surface area contributed by atoms with E-state index in [0.717, 1.165) is 11.5 Å². The number of aliphatic carboxylic acids is 1. The second kappa shape index (κ2) is 5.87. The van der Waals surface area contributed by atoms with Crippen LogP contribution in [0.2, 0.25) is 0 Å². The van der Waals surface area contributed by atoms with Crippen LogP contribution in [0.15, 0.2) is 46.7 Å². The summed E-state index contributed by atoms with van der Waals surface area (Å²) in [5, 5.41) is 11.8. The molecule has 1 amide bonds. The van der Waals surface area contributed by atoms with Crippen LogP contribution in [-0.2, 0) is 19.4 Å². The van der Waals surface area contributed by atoms with Crippen LogP contribution in [0.1, 0.15) is 13.8 Å². The zero-order valence-electron chi connectivity index (χ0n) is 11.0. The minimum atomic E-state index is -3.72. The molecule has 6 nitrogen and oxygen atoms in total. The van der Waals surface area contributed by atoms with Crippen LogP contribution in [0.25, 0.3) is 0 Å². The predicted octanol–water partition coefficient (Wildman–Crippen LogP) is 0.953. The van der Waals surface area contributed by atoms with E-state index in [0.29, 0.717) is 0 Å². The van der Waals surface area contributed by atoms with Crippen molar-refractivity contribution in [2.75, 3.05) is 0 Å². The van der Waals surface area contributed by atoms with E-state index in [1.165, 1.54) is 26.0 Å². The summed E-state index contributed by atoms with van der Waals surface area (Å²) >= 11 is 0. The Morgan fingerprint density at radius 2 is 1.75 bits per heavy atom. The van der Waals surface area contributed by atoms with E-state index >= 15 is 0 Å². The molecule has 0 aliphatic carbocycles. The van der Waals surface area contributed by atoms with Crippen molar-refractivity contribution in [2.24, 2.45) is 0 Å². The molecular formula is C13H15NO5S. The molecule has 0 spiro atoms. The van der Waals surface area contributed by atoms with Gasteiger partial charge in [-0.15, -0.1) is 0 Å². The Morgan fingerprint density at radius 1 is 1.20 bits per heavy atom. The molecule has 0 aliphatic heterocycles. The molecule has 0 aliphatic rings. The van der Waals surface area contributed by atoms with Crippen molar-refractivity contribution >= 4 is 21.7 Å². The fraction of sp³-hybridized carbons (Fsp3) is 0.231. The summed E-state index contributed by atoms with van der Waals surface area (Å²) < 4.78 is 23.7. The molecule has 7 heteroatoms. The van der Waals surface area contributed by atoms with Crippen LogP contribution in [0, 0.1) is 0 Å².